The average Bonchev–Trinajstić information content (AvgIpc) is 2.97. The normalized spacial score (nSPS) is 28.5. The lowest BCUT2D eigenvalue weighted by atomic mass is 9.63. The summed E-state index contributed by atoms with van der Waals surface area (Å²) in [6.45, 7) is 2.81. The highest BCUT2D eigenvalue weighted by Gasteiger charge is 2.47. The topological polar surface area (TPSA) is 29.1 Å². The fourth-order valence-corrected chi connectivity index (χ4v) is 5.19. The summed E-state index contributed by atoms with van der Waals surface area (Å²) in [5, 5.41) is 4.64. The molecule has 0 bridgehead atoms. The lowest BCUT2D eigenvalue weighted by Gasteiger charge is -2.40. The van der Waals surface area contributed by atoms with Gasteiger partial charge in [-0.05, 0) is 72.4 Å². The molecule has 1 aliphatic carbocycles. The van der Waals surface area contributed by atoms with Gasteiger partial charge in [-0.25, -0.2) is 0 Å². The molecule has 130 valence electrons. The molecule has 1 heterocycles. The van der Waals surface area contributed by atoms with E-state index in [-0.39, 0.29) is 17.7 Å². The Bertz CT molecular complexity index is 802. The number of hydrogen-bond donors (Lipinski definition) is 1. The summed E-state index contributed by atoms with van der Waals surface area (Å²) in [5.74, 6) is 1.22. The second kappa shape index (κ2) is 6.66. The van der Waals surface area contributed by atoms with Crippen molar-refractivity contribution in [2.45, 2.75) is 31.6 Å². The Labute approximate surface area is 158 Å². The number of amides is 1. The molecule has 2 fully saturated rings. The molecule has 2 aromatic carbocycles. The van der Waals surface area contributed by atoms with Gasteiger partial charge in [-0.2, -0.15) is 0 Å². The van der Waals surface area contributed by atoms with E-state index in [1.54, 1.807) is 0 Å². The third-order valence-electron chi connectivity index (χ3n) is 5.86. The van der Waals surface area contributed by atoms with Crippen molar-refractivity contribution in [3.63, 3.8) is 0 Å². The van der Waals surface area contributed by atoms with Gasteiger partial charge in [-0.3, -0.25) is 4.79 Å². The molecule has 1 saturated carbocycles. The Balaban J connectivity index is 1.78. The second-order valence-electron chi connectivity index (χ2n) is 7.30. The summed E-state index contributed by atoms with van der Waals surface area (Å²) in [6, 6.07) is 14.4. The first kappa shape index (κ1) is 16.9. The average molecular weight is 374 g/mol. The predicted molar refractivity (Wildman–Crippen MR) is 102 cm³/mol. The van der Waals surface area contributed by atoms with Crippen molar-refractivity contribution < 1.29 is 4.79 Å². The van der Waals surface area contributed by atoms with E-state index in [0.717, 1.165) is 29.4 Å². The van der Waals surface area contributed by atoms with Gasteiger partial charge in [0.25, 0.3) is 0 Å². The summed E-state index contributed by atoms with van der Waals surface area (Å²) >= 11 is 12.7. The molecule has 1 amide bonds. The quantitative estimate of drug-likeness (QED) is 0.757. The van der Waals surface area contributed by atoms with Crippen LogP contribution < -0.4 is 5.32 Å². The predicted octanol–water partition coefficient (Wildman–Crippen LogP) is 5.33. The van der Waals surface area contributed by atoms with Gasteiger partial charge in [-0.1, -0.05) is 47.5 Å². The van der Waals surface area contributed by atoms with Crippen LogP contribution in [0.3, 0.4) is 0 Å². The number of carbonyl (C=O) groups is 1. The van der Waals surface area contributed by atoms with Crippen LogP contribution in [0.15, 0.2) is 42.5 Å². The largest absolute Gasteiger partial charge is 0.356 e. The SMILES string of the molecule is Cc1ccc(C2CCC3C(=O)NCC3C2c2ccc(Cl)cc2)c(Cl)c1. The Kier molecular flexibility index (Phi) is 4.51. The van der Waals surface area contributed by atoms with Crippen molar-refractivity contribution in [1.82, 2.24) is 5.32 Å². The standard InChI is InChI=1S/C21H21Cl2NO/c1-12-2-7-15(19(23)10-12)16-8-9-17-18(11-24-21(17)25)20(16)13-3-5-14(22)6-4-13/h2-7,10,16-18,20H,8-9,11H2,1H3,(H,24,25). The van der Waals surface area contributed by atoms with Gasteiger partial charge in [0.05, 0.1) is 0 Å². The van der Waals surface area contributed by atoms with Gasteiger partial charge in [0.1, 0.15) is 0 Å². The fraction of sp³-hybridized carbons (Fsp3) is 0.381. The summed E-state index contributed by atoms with van der Waals surface area (Å²) < 4.78 is 0. The van der Waals surface area contributed by atoms with Gasteiger partial charge >= 0.3 is 0 Å². The minimum Gasteiger partial charge on any atom is -0.356 e. The number of halogens is 2. The van der Waals surface area contributed by atoms with E-state index in [9.17, 15) is 4.79 Å². The summed E-state index contributed by atoms with van der Waals surface area (Å²) in [4.78, 5) is 12.2. The molecular formula is C21H21Cl2NO. The first-order valence-electron chi connectivity index (χ1n) is 8.84. The minimum atomic E-state index is 0.112. The third-order valence-corrected chi connectivity index (χ3v) is 6.44. The number of rotatable bonds is 2. The molecule has 2 nitrogen and oxygen atoms in total. The highest BCUT2D eigenvalue weighted by Crippen LogP contribution is 2.52. The van der Waals surface area contributed by atoms with E-state index >= 15 is 0 Å². The maximum atomic E-state index is 12.2. The highest BCUT2D eigenvalue weighted by molar-refractivity contribution is 6.31. The highest BCUT2D eigenvalue weighted by atomic mass is 35.5. The molecule has 0 spiro atoms. The van der Waals surface area contributed by atoms with E-state index in [0.29, 0.717) is 11.8 Å². The van der Waals surface area contributed by atoms with E-state index in [4.69, 9.17) is 23.2 Å². The van der Waals surface area contributed by atoms with Crippen molar-refractivity contribution in [3.05, 3.63) is 69.2 Å². The molecule has 25 heavy (non-hydrogen) atoms. The molecule has 1 saturated heterocycles. The zero-order valence-corrected chi connectivity index (χ0v) is 15.6. The lowest BCUT2D eigenvalue weighted by Crippen LogP contribution is -2.32. The van der Waals surface area contributed by atoms with Crippen LogP contribution in [0.25, 0.3) is 0 Å². The van der Waals surface area contributed by atoms with E-state index in [1.165, 1.54) is 16.7 Å². The van der Waals surface area contributed by atoms with E-state index in [2.05, 4.69) is 36.5 Å². The van der Waals surface area contributed by atoms with Crippen molar-refractivity contribution in [3.8, 4) is 0 Å². The molecule has 2 aromatic rings. The zero-order chi connectivity index (χ0) is 17.6. The van der Waals surface area contributed by atoms with Crippen LogP contribution in [0.4, 0.5) is 0 Å². The van der Waals surface area contributed by atoms with Crippen LogP contribution in [-0.4, -0.2) is 12.5 Å². The molecule has 2 aliphatic rings. The Morgan fingerprint density at radius 2 is 1.72 bits per heavy atom. The van der Waals surface area contributed by atoms with E-state index < -0.39 is 0 Å². The molecule has 1 aliphatic heterocycles. The maximum absolute atomic E-state index is 12.2. The van der Waals surface area contributed by atoms with Crippen LogP contribution in [0.5, 0.6) is 0 Å². The third kappa shape index (κ3) is 3.07. The first-order chi connectivity index (χ1) is 12.0. The second-order valence-corrected chi connectivity index (χ2v) is 8.15. The number of hydrogen-bond acceptors (Lipinski definition) is 1. The maximum Gasteiger partial charge on any atom is 0.223 e. The zero-order valence-electron chi connectivity index (χ0n) is 14.1. The van der Waals surface area contributed by atoms with Crippen LogP contribution in [0, 0.1) is 18.8 Å². The summed E-state index contributed by atoms with van der Waals surface area (Å²) in [7, 11) is 0. The van der Waals surface area contributed by atoms with Crippen molar-refractivity contribution >= 4 is 29.1 Å². The molecule has 4 rings (SSSR count). The molecular weight excluding hydrogens is 353 g/mol. The number of fused-ring (bicyclic) bond motifs is 1. The summed E-state index contributed by atoms with van der Waals surface area (Å²) in [6.07, 6.45) is 1.90. The monoisotopic (exact) mass is 373 g/mol. The molecule has 4 atom stereocenters. The van der Waals surface area contributed by atoms with Gasteiger partial charge in [0.15, 0.2) is 0 Å². The lowest BCUT2D eigenvalue weighted by molar-refractivity contribution is -0.123. The Morgan fingerprint density at radius 3 is 2.44 bits per heavy atom. The van der Waals surface area contributed by atoms with Crippen molar-refractivity contribution in [1.29, 1.82) is 0 Å². The summed E-state index contributed by atoms with van der Waals surface area (Å²) in [5.41, 5.74) is 3.62. The van der Waals surface area contributed by atoms with Crippen LogP contribution in [-0.2, 0) is 4.79 Å². The molecule has 4 heteroatoms. The fourth-order valence-electron chi connectivity index (χ4n) is 4.69. The van der Waals surface area contributed by atoms with Gasteiger partial charge in [0.2, 0.25) is 5.91 Å². The van der Waals surface area contributed by atoms with Crippen LogP contribution in [0.2, 0.25) is 10.0 Å². The van der Waals surface area contributed by atoms with E-state index in [1.807, 2.05) is 18.2 Å². The first-order valence-corrected chi connectivity index (χ1v) is 9.59. The number of carbonyl (C=O) groups excluding carboxylic acids is 1. The van der Waals surface area contributed by atoms with Gasteiger partial charge in [0, 0.05) is 22.5 Å². The van der Waals surface area contributed by atoms with Crippen molar-refractivity contribution in [2.75, 3.05) is 6.54 Å². The molecule has 0 radical (unpaired) electrons. The molecule has 1 N–H and O–H groups in total. The van der Waals surface area contributed by atoms with Crippen LogP contribution in [0.1, 0.15) is 41.4 Å². The molecule has 0 aromatic heterocycles. The Hall–Kier alpha value is -1.51. The number of nitrogens with one attached hydrogen (secondary N) is 1. The van der Waals surface area contributed by atoms with Crippen molar-refractivity contribution in [2.24, 2.45) is 11.8 Å². The Morgan fingerprint density at radius 1 is 1.00 bits per heavy atom. The van der Waals surface area contributed by atoms with Crippen LogP contribution >= 0.6 is 23.2 Å². The minimum absolute atomic E-state index is 0.112. The molecule has 4 unspecified atom stereocenters. The number of benzene rings is 2. The smallest absolute Gasteiger partial charge is 0.223 e. The van der Waals surface area contributed by atoms with Gasteiger partial charge < -0.3 is 5.32 Å². The number of aryl methyl sites for hydroxylation is 1. The van der Waals surface area contributed by atoms with Gasteiger partial charge in [-0.15, -0.1) is 0 Å².